The third-order valence-corrected chi connectivity index (χ3v) is 3.46. The van der Waals surface area contributed by atoms with E-state index in [9.17, 15) is 0 Å². The smallest absolute Gasteiger partial charge is 0.0814 e. The standard InChI is InChI=1S/C14H29NO2/c1-6-14(4,5)16-10-13-8-7-12(17-13)9-15-11(2)3/h11-13,15H,6-10H2,1-5H3. The molecule has 0 spiro atoms. The molecule has 1 aliphatic rings. The molecule has 1 N–H and O–H groups in total. The Bertz CT molecular complexity index is 216. The van der Waals surface area contributed by atoms with Gasteiger partial charge in [0, 0.05) is 12.6 Å². The summed E-state index contributed by atoms with van der Waals surface area (Å²) in [5, 5.41) is 3.43. The van der Waals surface area contributed by atoms with E-state index < -0.39 is 0 Å². The second-order valence-electron chi connectivity index (χ2n) is 5.94. The predicted molar refractivity (Wildman–Crippen MR) is 71.4 cm³/mol. The Kier molecular flexibility index (Phi) is 5.90. The van der Waals surface area contributed by atoms with Crippen LogP contribution >= 0.6 is 0 Å². The van der Waals surface area contributed by atoms with Crippen molar-refractivity contribution in [1.82, 2.24) is 5.32 Å². The monoisotopic (exact) mass is 243 g/mol. The summed E-state index contributed by atoms with van der Waals surface area (Å²) in [5.74, 6) is 0. The average Bonchev–Trinajstić information content (AvgIpc) is 2.72. The molecule has 0 aromatic rings. The number of hydrogen-bond donors (Lipinski definition) is 1. The Balaban J connectivity index is 2.17. The fourth-order valence-corrected chi connectivity index (χ4v) is 1.84. The predicted octanol–water partition coefficient (Wildman–Crippen LogP) is 2.74. The molecule has 3 heteroatoms. The Morgan fingerprint density at radius 2 is 1.94 bits per heavy atom. The molecule has 0 radical (unpaired) electrons. The molecule has 1 fully saturated rings. The van der Waals surface area contributed by atoms with Crippen LogP contribution in [0, 0.1) is 0 Å². The lowest BCUT2D eigenvalue weighted by Crippen LogP contribution is -2.33. The van der Waals surface area contributed by atoms with Crippen molar-refractivity contribution in [2.75, 3.05) is 13.2 Å². The van der Waals surface area contributed by atoms with Crippen LogP contribution in [0.4, 0.5) is 0 Å². The highest BCUT2D eigenvalue weighted by molar-refractivity contribution is 4.77. The van der Waals surface area contributed by atoms with E-state index in [0.717, 1.165) is 32.4 Å². The van der Waals surface area contributed by atoms with E-state index in [1.165, 1.54) is 0 Å². The quantitative estimate of drug-likeness (QED) is 0.746. The van der Waals surface area contributed by atoms with Gasteiger partial charge in [-0.25, -0.2) is 0 Å². The van der Waals surface area contributed by atoms with Crippen molar-refractivity contribution >= 4 is 0 Å². The summed E-state index contributed by atoms with van der Waals surface area (Å²) in [6.07, 6.45) is 3.98. The second kappa shape index (κ2) is 6.72. The molecule has 102 valence electrons. The van der Waals surface area contributed by atoms with E-state index in [1.807, 2.05) is 0 Å². The fraction of sp³-hybridized carbons (Fsp3) is 1.00. The van der Waals surface area contributed by atoms with Gasteiger partial charge >= 0.3 is 0 Å². The zero-order chi connectivity index (χ0) is 12.9. The third kappa shape index (κ3) is 5.84. The normalized spacial score (nSPS) is 25.8. The summed E-state index contributed by atoms with van der Waals surface area (Å²) in [6, 6.07) is 0.535. The molecule has 0 saturated carbocycles. The number of ether oxygens (including phenoxy) is 2. The SMILES string of the molecule is CCC(C)(C)OCC1CCC(CNC(C)C)O1. The van der Waals surface area contributed by atoms with E-state index >= 15 is 0 Å². The Labute approximate surface area is 106 Å². The topological polar surface area (TPSA) is 30.5 Å². The maximum atomic E-state index is 5.96. The highest BCUT2D eigenvalue weighted by Gasteiger charge is 2.27. The molecule has 3 nitrogen and oxygen atoms in total. The van der Waals surface area contributed by atoms with E-state index in [2.05, 4.69) is 39.9 Å². The van der Waals surface area contributed by atoms with Crippen molar-refractivity contribution in [1.29, 1.82) is 0 Å². The lowest BCUT2D eigenvalue weighted by molar-refractivity contribution is -0.0781. The average molecular weight is 243 g/mol. The van der Waals surface area contributed by atoms with Gasteiger partial charge in [-0.3, -0.25) is 0 Å². The summed E-state index contributed by atoms with van der Waals surface area (Å²) in [4.78, 5) is 0. The van der Waals surface area contributed by atoms with Crippen LogP contribution in [0.25, 0.3) is 0 Å². The maximum Gasteiger partial charge on any atom is 0.0814 e. The Morgan fingerprint density at radius 1 is 1.29 bits per heavy atom. The molecular formula is C14H29NO2. The molecule has 17 heavy (non-hydrogen) atoms. The Hall–Kier alpha value is -0.120. The van der Waals surface area contributed by atoms with Crippen LogP contribution in [0.3, 0.4) is 0 Å². The van der Waals surface area contributed by atoms with Crippen molar-refractivity contribution in [3.63, 3.8) is 0 Å². The molecule has 1 rings (SSSR count). The van der Waals surface area contributed by atoms with Crippen LogP contribution in [-0.4, -0.2) is 37.0 Å². The summed E-state index contributed by atoms with van der Waals surface area (Å²) in [6.45, 7) is 12.5. The first-order chi connectivity index (χ1) is 7.93. The van der Waals surface area contributed by atoms with Gasteiger partial charge < -0.3 is 14.8 Å². The molecule has 0 aliphatic carbocycles. The number of nitrogens with one attached hydrogen (secondary N) is 1. The van der Waals surface area contributed by atoms with Crippen LogP contribution in [-0.2, 0) is 9.47 Å². The van der Waals surface area contributed by atoms with Crippen molar-refractivity contribution in [2.45, 2.75) is 77.7 Å². The molecule has 1 saturated heterocycles. The fourth-order valence-electron chi connectivity index (χ4n) is 1.84. The molecule has 0 amide bonds. The Morgan fingerprint density at radius 3 is 2.53 bits per heavy atom. The highest BCUT2D eigenvalue weighted by atomic mass is 16.6. The van der Waals surface area contributed by atoms with E-state index in [4.69, 9.17) is 9.47 Å². The summed E-state index contributed by atoms with van der Waals surface area (Å²) < 4.78 is 11.9. The molecule has 0 aromatic carbocycles. The molecular weight excluding hydrogens is 214 g/mol. The largest absolute Gasteiger partial charge is 0.373 e. The van der Waals surface area contributed by atoms with Gasteiger partial charge in [0.15, 0.2) is 0 Å². The molecule has 2 unspecified atom stereocenters. The van der Waals surface area contributed by atoms with Gasteiger partial charge in [0.2, 0.25) is 0 Å². The number of rotatable bonds is 7. The minimum atomic E-state index is -0.0162. The molecule has 1 heterocycles. The van der Waals surface area contributed by atoms with Gasteiger partial charge in [0.05, 0.1) is 24.4 Å². The van der Waals surface area contributed by atoms with Crippen molar-refractivity contribution in [3.05, 3.63) is 0 Å². The third-order valence-electron chi connectivity index (χ3n) is 3.46. The van der Waals surface area contributed by atoms with Gasteiger partial charge in [-0.1, -0.05) is 20.8 Å². The molecule has 1 aliphatic heterocycles. The summed E-state index contributed by atoms with van der Waals surface area (Å²) in [7, 11) is 0. The van der Waals surface area contributed by atoms with E-state index in [0.29, 0.717) is 18.2 Å². The van der Waals surface area contributed by atoms with Crippen molar-refractivity contribution in [3.8, 4) is 0 Å². The second-order valence-corrected chi connectivity index (χ2v) is 5.94. The first kappa shape index (κ1) is 14.9. The van der Waals surface area contributed by atoms with Crippen molar-refractivity contribution < 1.29 is 9.47 Å². The number of hydrogen-bond acceptors (Lipinski definition) is 3. The van der Waals surface area contributed by atoms with Crippen LogP contribution < -0.4 is 5.32 Å². The van der Waals surface area contributed by atoms with Gasteiger partial charge in [-0.05, 0) is 33.1 Å². The molecule has 0 bridgehead atoms. The summed E-state index contributed by atoms with van der Waals surface area (Å²) in [5.41, 5.74) is -0.0162. The van der Waals surface area contributed by atoms with Gasteiger partial charge in [0.25, 0.3) is 0 Å². The van der Waals surface area contributed by atoms with Gasteiger partial charge in [0.1, 0.15) is 0 Å². The maximum absolute atomic E-state index is 5.96. The van der Waals surface area contributed by atoms with Crippen LogP contribution in [0.1, 0.15) is 53.9 Å². The zero-order valence-electron chi connectivity index (χ0n) is 12.1. The molecule has 0 aromatic heterocycles. The van der Waals surface area contributed by atoms with Crippen molar-refractivity contribution in [2.24, 2.45) is 0 Å². The van der Waals surface area contributed by atoms with Crippen LogP contribution in [0.15, 0.2) is 0 Å². The molecule has 2 atom stereocenters. The minimum Gasteiger partial charge on any atom is -0.373 e. The first-order valence-electron chi connectivity index (χ1n) is 6.95. The highest BCUT2D eigenvalue weighted by Crippen LogP contribution is 2.22. The zero-order valence-corrected chi connectivity index (χ0v) is 12.1. The lowest BCUT2D eigenvalue weighted by atomic mass is 10.1. The van der Waals surface area contributed by atoms with Gasteiger partial charge in [-0.2, -0.15) is 0 Å². The minimum absolute atomic E-state index is 0.0162. The van der Waals surface area contributed by atoms with E-state index in [-0.39, 0.29) is 5.60 Å². The lowest BCUT2D eigenvalue weighted by Gasteiger charge is -2.25. The summed E-state index contributed by atoms with van der Waals surface area (Å²) >= 11 is 0. The van der Waals surface area contributed by atoms with Crippen LogP contribution in [0.5, 0.6) is 0 Å². The van der Waals surface area contributed by atoms with E-state index in [1.54, 1.807) is 0 Å². The van der Waals surface area contributed by atoms with Gasteiger partial charge in [-0.15, -0.1) is 0 Å². The van der Waals surface area contributed by atoms with Crippen LogP contribution in [0.2, 0.25) is 0 Å². The first-order valence-corrected chi connectivity index (χ1v) is 6.95.